The average molecular weight is 399 g/mol. The molecule has 2 aromatic rings. The number of benzene rings is 2. The van der Waals surface area contributed by atoms with Crippen LogP contribution in [-0.4, -0.2) is 6.61 Å². The summed E-state index contributed by atoms with van der Waals surface area (Å²) in [6.07, 6.45) is 12.3. The largest absolute Gasteiger partial charge is 0.490 e. The van der Waals surface area contributed by atoms with Crippen molar-refractivity contribution in [2.24, 2.45) is 5.92 Å². The Kier molecular flexibility index (Phi) is 7.85. The van der Waals surface area contributed by atoms with E-state index in [0.29, 0.717) is 18.1 Å². The minimum atomic E-state index is -0.901. The quantitative estimate of drug-likeness (QED) is 0.323. The maximum Gasteiger partial charge on any atom is 0.201 e. The molecule has 1 nitrogen and oxygen atoms in total. The molecule has 0 saturated heterocycles. The second kappa shape index (κ2) is 10.6. The Morgan fingerprint density at radius 1 is 0.966 bits per heavy atom. The lowest BCUT2D eigenvalue weighted by Gasteiger charge is -2.28. The van der Waals surface area contributed by atoms with E-state index < -0.39 is 11.6 Å². The number of halogens is 2. The van der Waals surface area contributed by atoms with E-state index in [0.717, 1.165) is 18.8 Å². The van der Waals surface area contributed by atoms with Crippen molar-refractivity contribution in [1.82, 2.24) is 0 Å². The van der Waals surface area contributed by atoms with Crippen LogP contribution < -0.4 is 4.74 Å². The fourth-order valence-electron chi connectivity index (χ4n) is 4.19. The van der Waals surface area contributed by atoms with Crippen molar-refractivity contribution >= 4 is 0 Å². The number of rotatable bonds is 8. The minimum Gasteiger partial charge on any atom is -0.490 e. The monoisotopic (exact) mass is 398 g/mol. The lowest BCUT2D eigenvalue weighted by Crippen LogP contribution is -2.12. The highest BCUT2D eigenvalue weighted by atomic mass is 19.2. The number of unbranched alkanes of at least 4 members (excludes halogenated alkanes) is 1. The third-order valence-corrected chi connectivity index (χ3v) is 6.05. The number of hydrogen-bond acceptors (Lipinski definition) is 1. The van der Waals surface area contributed by atoms with Gasteiger partial charge in [0, 0.05) is 5.56 Å². The smallest absolute Gasteiger partial charge is 0.201 e. The molecule has 1 aliphatic carbocycles. The van der Waals surface area contributed by atoms with Gasteiger partial charge in [-0.3, -0.25) is 0 Å². The Labute approximate surface area is 173 Å². The Balaban J connectivity index is 1.67. The predicted octanol–water partition coefficient (Wildman–Crippen LogP) is 8.05. The standard InChI is InChI=1S/C26H32F2O/c1-3-5-7-19-8-10-20(11-9-19)21-12-14-22(15-13-21)23-16-17-24(26(28)25(23)27)29-18-6-4-2/h3,5,12-17,19-20H,4,6-11,18H2,1-2H3/b5-3-. The molecule has 1 saturated carbocycles. The molecule has 156 valence electrons. The zero-order chi connectivity index (χ0) is 20.6. The van der Waals surface area contributed by atoms with Gasteiger partial charge < -0.3 is 4.74 Å². The van der Waals surface area contributed by atoms with Gasteiger partial charge in [-0.15, -0.1) is 0 Å². The molecule has 0 aliphatic heterocycles. The lowest BCUT2D eigenvalue weighted by molar-refractivity contribution is 0.289. The van der Waals surface area contributed by atoms with Crippen LogP contribution >= 0.6 is 0 Å². The first-order valence-corrected chi connectivity index (χ1v) is 11.0. The van der Waals surface area contributed by atoms with Crippen LogP contribution in [-0.2, 0) is 0 Å². The van der Waals surface area contributed by atoms with Gasteiger partial charge in [-0.2, -0.15) is 4.39 Å². The minimum absolute atomic E-state index is 0.00834. The average Bonchev–Trinajstić information content (AvgIpc) is 2.76. The Morgan fingerprint density at radius 2 is 1.69 bits per heavy atom. The van der Waals surface area contributed by atoms with Crippen LogP contribution in [0.3, 0.4) is 0 Å². The van der Waals surface area contributed by atoms with E-state index in [1.165, 1.54) is 43.7 Å². The summed E-state index contributed by atoms with van der Waals surface area (Å²) in [6.45, 7) is 4.51. The molecule has 29 heavy (non-hydrogen) atoms. The van der Waals surface area contributed by atoms with E-state index >= 15 is 0 Å². The summed E-state index contributed by atoms with van der Waals surface area (Å²) in [5.41, 5.74) is 2.29. The van der Waals surface area contributed by atoms with Crippen molar-refractivity contribution in [3.63, 3.8) is 0 Å². The summed E-state index contributed by atoms with van der Waals surface area (Å²) >= 11 is 0. The van der Waals surface area contributed by atoms with Crippen LogP contribution in [0.15, 0.2) is 48.6 Å². The molecule has 3 heteroatoms. The highest BCUT2D eigenvalue weighted by Gasteiger charge is 2.22. The van der Waals surface area contributed by atoms with E-state index in [1.807, 2.05) is 19.1 Å². The summed E-state index contributed by atoms with van der Waals surface area (Å²) in [5, 5.41) is 0. The van der Waals surface area contributed by atoms with Gasteiger partial charge in [-0.1, -0.05) is 49.8 Å². The van der Waals surface area contributed by atoms with Gasteiger partial charge in [-0.25, -0.2) is 4.39 Å². The summed E-state index contributed by atoms with van der Waals surface area (Å²) in [5.74, 6) is -0.372. The fourth-order valence-corrected chi connectivity index (χ4v) is 4.19. The molecule has 0 unspecified atom stereocenters. The van der Waals surface area contributed by atoms with Gasteiger partial charge in [0.15, 0.2) is 11.6 Å². The third kappa shape index (κ3) is 5.46. The first kappa shape index (κ1) is 21.5. The van der Waals surface area contributed by atoms with Crippen molar-refractivity contribution in [1.29, 1.82) is 0 Å². The number of allylic oxidation sites excluding steroid dienone is 2. The van der Waals surface area contributed by atoms with E-state index in [1.54, 1.807) is 6.07 Å². The van der Waals surface area contributed by atoms with E-state index in [4.69, 9.17) is 4.74 Å². The summed E-state index contributed by atoms with van der Waals surface area (Å²) < 4.78 is 34.3. The molecule has 0 heterocycles. The van der Waals surface area contributed by atoms with Crippen LogP contribution in [0.4, 0.5) is 8.78 Å². The zero-order valence-electron chi connectivity index (χ0n) is 17.6. The summed E-state index contributed by atoms with van der Waals surface area (Å²) in [6, 6.07) is 11.1. The van der Waals surface area contributed by atoms with E-state index in [2.05, 4.69) is 31.2 Å². The molecule has 0 spiro atoms. The van der Waals surface area contributed by atoms with Gasteiger partial charge in [0.05, 0.1) is 6.61 Å². The van der Waals surface area contributed by atoms with E-state index in [9.17, 15) is 8.78 Å². The Hall–Kier alpha value is -2.16. The van der Waals surface area contributed by atoms with Crippen LogP contribution in [0.1, 0.15) is 70.3 Å². The molecule has 0 atom stereocenters. The van der Waals surface area contributed by atoms with Crippen molar-refractivity contribution in [3.05, 3.63) is 65.7 Å². The molecule has 0 radical (unpaired) electrons. The molecular weight excluding hydrogens is 366 g/mol. The maximum atomic E-state index is 14.6. The number of hydrogen-bond donors (Lipinski definition) is 0. The third-order valence-electron chi connectivity index (χ3n) is 6.05. The second-order valence-electron chi connectivity index (χ2n) is 8.09. The van der Waals surface area contributed by atoms with Crippen molar-refractivity contribution < 1.29 is 13.5 Å². The summed E-state index contributed by atoms with van der Waals surface area (Å²) in [4.78, 5) is 0. The maximum absolute atomic E-state index is 14.6. The first-order valence-electron chi connectivity index (χ1n) is 11.0. The van der Waals surface area contributed by atoms with Gasteiger partial charge >= 0.3 is 0 Å². The van der Waals surface area contributed by atoms with E-state index in [-0.39, 0.29) is 11.3 Å². The second-order valence-corrected chi connectivity index (χ2v) is 8.09. The van der Waals surface area contributed by atoms with Crippen LogP contribution in [0.5, 0.6) is 5.75 Å². The van der Waals surface area contributed by atoms with Gasteiger partial charge in [0.1, 0.15) is 0 Å². The Morgan fingerprint density at radius 3 is 2.34 bits per heavy atom. The molecule has 0 aromatic heterocycles. The summed E-state index contributed by atoms with van der Waals surface area (Å²) in [7, 11) is 0. The molecular formula is C26H32F2O. The molecule has 3 rings (SSSR count). The highest BCUT2D eigenvalue weighted by molar-refractivity contribution is 5.65. The predicted molar refractivity (Wildman–Crippen MR) is 116 cm³/mol. The van der Waals surface area contributed by atoms with Crippen LogP contribution in [0, 0.1) is 17.6 Å². The van der Waals surface area contributed by atoms with Crippen molar-refractivity contribution in [3.8, 4) is 16.9 Å². The topological polar surface area (TPSA) is 9.23 Å². The van der Waals surface area contributed by atoms with Crippen molar-refractivity contribution in [2.75, 3.05) is 6.61 Å². The highest BCUT2D eigenvalue weighted by Crippen LogP contribution is 2.38. The molecule has 0 bridgehead atoms. The molecule has 1 fully saturated rings. The fraction of sp³-hybridized carbons (Fsp3) is 0.462. The lowest BCUT2D eigenvalue weighted by atomic mass is 9.77. The normalized spacial score (nSPS) is 19.6. The zero-order valence-corrected chi connectivity index (χ0v) is 17.6. The number of ether oxygens (including phenoxy) is 1. The van der Waals surface area contributed by atoms with Gasteiger partial charge in [-0.05, 0) is 80.5 Å². The van der Waals surface area contributed by atoms with Gasteiger partial charge in [0.25, 0.3) is 0 Å². The van der Waals surface area contributed by atoms with Crippen LogP contribution in [0.25, 0.3) is 11.1 Å². The molecule has 0 N–H and O–H groups in total. The van der Waals surface area contributed by atoms with Crippen molar-refractivity contribution in [2.45, 2.75) is 64.7 Å². The SMILES string of the molecule is C/C=C\CC1CCC(c2ccc(-c3ccc(OCCCC)c(F)c3F)cc2)CC1. The molecule has 0 amide bonds. The van der Waals surface area contributed by atoms with Crippen LogP contribution in [0.2, 0.25) is 0 Å². The van der Waals surface area contributed by atoms with Gasteiger partial charge in [0.2, 0.25) is 5.82 Å². The molecule has 1 aliphatic rings. The molecule has 2 aromatic carbocycles. The Bertz CT molecular complexity index is 802. The first-order chi connectivity index (χ1) is 14.1.